The van der Waals surface area contributed by atoms with Gasteiger partial charge in [-0.25, -0.2) is 9.18 Å². The molecule has 1 aromatic carbocycles. The van der Waals surface area contributed by atoms with Crippen molar-refractivity contribution in [2.45, 2.75) is 32.9 Å². The summed E-state index contributed by atoms with van der Waals surface area (Å²) in [6, 6.07) is 5.79. The van der Waals surface area contributed by atoms with Crippen LogP contribution in [0.25, 0.3) is 0 Å². The fourth-order valence-corrected chi connectivity index (χ4v) is 1.35. The minimum Gasteiger partial charge on any atom is -0.488 e. The second kappa shape index (κ2) is 6.83. The monoisotopic (exact) mass is 254 g/mol. The number of rotatable bonds is 5. The number of para-hydroxylation sites is 1. The molecule has 5 heteroatoms. The van der Waals surface area contributed by atoms with Crippen molar-refractivity contribution in [1.82, 2.24) is 10.6 Å². The first-order chi connectivity index (χ1) is 8.49. The van der Waals surface area contributed by atoms with Crippen molar-refractivity contribution in [1.29, 1.82) is 0 Å². The molecule has 1 rings (SSSR count). The van der Waals surface area contributed by atoms with E-state index >= 15 is 0 Å². The van der Waals surface area contributed by atoms with Crippen molar-refractivity contribution in [3.8, 4) is 5.75 Å². The van der Waals surface area contributed by atoms with Gasteiger partial charge < -0.3 is 15.4 Å². The maximum Gasteiger partial charge on any atom is 0.315 e. The zero-order valence-corrected chi connectivity index (χ0v) is 10.9. The molecule has 1 aromatic rings. The summed E-state index contributed by atoms with van der Waals surface area (Å²) in [6.07, 6.45) is 0. The average Bonchev–Trinajstić information content (AvgIpc) is 2.26. The van der Waals surface area contributed by atoms with Gasteiger partial charge in [0.1, 0.15) is 6.61 Å². The largest absolute Gasteiger partial charge is 0.488 e. The highest BCUT2D eigenvalue weighted by atomic mass is 19.1. The molecular formula is C13H19FN2O2. The Morgan fingerprint density at radius 2 is 1.94 bits per heavy atom. The molecule has 0 fully saturated rings. The molecule has 4 nitrogen and oxygen atoms in total. The molecule has 0 aromatic heterocycles. The van der Waals surface area contributed by atoms with Crippen molar-refractivity contribution in [3.05, 3.63) is 30.1 Å². The highest BCUT2D eigenvalue weighted by Gasteiger charge is 2.09. The molecule has 0 radical (unpaired) electrons. The molecule has 0 aliphatic rings. The van der Waals surface area contributed by atoms with Gasteiger partial charge in [-0.1, -0.05) is 12.1 Å². The number of hydrogen-bond acceptors (Lipinski definition) is 2. The highest BCUT2D eigenvalue weighted by Crippen LogP contribution is 2.15. The topological polar surface area (TPSA) is 50.4 Å². The van der Waals surface area contributed by atoms with Gasteiger partial charge in [-0.05, 0) is 32.9 Å². The van der Waals surface area contributed by atoms with E-state index in [1.165, 1.54) is 6.07 Å². The van der Waals surface area contributed by atoms with Gasteiger partial charge in [0.25, 0.3) is 0 Å². The second-order valence-corrected chi connectivity index (χ2v) is 4.41. The highest BCUT2D eigenvalue weighted by molar-refractivity contribution is 5.74. The summed E-state index contributed by atoms with van der Waals surface area (Å²) in [5.74, 6) is -0.216. The van der Waals surface area contributed by atoms with Crippen molar-refractivity contribution in [2.24, 2.45) is 0 Å². The molecular weight excluding hydrogens is 235 g/mol. The van der Waals surface area contributed by atoms with Crippen molar-refractivity contribution < 1.29 is 13.9 Å². The van der Waals surface area contributed by atoms with E-state index in [1.807, 2.05) is 13.8 Å². The standard InChI is InChI=1S/C13H19FN2O2/c1-9(2)15-13(17)16-10(3)8-18-12-7-5-4-6-11(12)14/h4-7,9-10H,8H2,1-3H3,(H2,15,16,17). The Labute approximate surface area is 107 Å². The predicted octanol–water partition coefficient (Wildman–Crippen LogP) is 2.30. The first kappa shape index (κ1) is 14.3. The predicted molar refractivity (Wildman–Crippen MR) is 68.2 cm³/mol. The fourth-order valence-electron chi connectivity index (χ4n) is 1.35. The average molecular weight is 254 g/mol. The number of nitrogens with one attached hydrogen (secondary N) is 2. The normalized spacial score (nSPS) is 12.1. The third-order valence-electron chi connectivity index (χ3n) is 2.12. The number of urea groups is 1. The molecule has 2 N–H and O–H groups in total. The third-order valence-corrected chi connectivity index (χ3v) is 2.12. The Hall–Kier alpha value is -1.78. The molecule has 0 saturated heterocycles. The number of ether oxygens (including phenoxy) is 1. The molecule has 0 bridgehead atoms. The zero-order chi connectivity index (χ0) is 13.5. The summed E-state index contributed by atoms with van der Waals surface area (Å²) in [7, 11) is 0. The molecule has 0 spiro atoms. The lowest BCUT2D eigenvalue weighted by atomic mass is 10.3. The fraction of sp³-hybridized carbons (Fsp3) is 0.462. The van der Waals surface area contributed by atoms with Gasteiger partial charge in [0.2, 0.25) is 0 Å². The van der Waals surface area contributed by atoms with Crippen LogP contribution >= 0.6 is 0 Å². The van der Waals surface area contributed by atoms with Crippen LogP contribution in [-0.4, -0.2) is 24.7 Å². The number of amides is 2. The van der Waals surface area contributed by atoms with Gasteiger partial charge in [-0.2, -0.15) is 0 Å². The minimum atomic E-state index is -0.406. The molecule has 1 unspecified atom stereocenters. The third kappa shape index (κ3) is 5.03. The van der Waals surface area contributed by atoms with Crippen molar-refractivity contribution >= 4 is 6.03 Å². The maximum atomic E-state index is 13.2. The van der Waals surface area contributed by atoms with Crippen molar-refractivity contribution in [2.75, 3.05) is 6.61 Å². The smallest absolute Gasteiger partial charge is 0.315 e. The van der Waals surface area contributed by atoms with Crippen LogP contribution in [0.2, 0.25) is 0 Å². The van der Waals surface area contributed by atoms with Crippen LogP contribution in [0.3, 0.4) is 0 Å². The number of halogens is 1. The summed E-state index contributed by atoms with van der Waals surface area (Å²) in [5.41, 5.74) is 0. The molecule has 0 heterocycles. The summed E-state index contributed by atoms with van der Waals surface area (Å²) in [5, 5.41) is 5.41. The summed E-state index contributed by atoms with van der Waals surface area (Å²) in [6.45, 7) is 5.76. The SMILES string of the molecule is CC(C)NC(=O)NC(C)COc1ccccc1F. The zero-order valence-electron chi connectivity index (χ0n) is 10.9. The molecule has 18 heavy (non-hydrogen) atoms. The number of carbonyl (C=O) groups excluding carboxylic acids is 1. The van der Waals surface area contributed by atoms with E-state index < -0.39 is 5.82 Å². The summed E-state index contributed by atoms with van der Waals surface area (Å²) >= 11 is 0. The molecule has 0 saturated carbocycles. The first-order valence-corrected chi connectivity index (χ1v) is 5.93. The van der Waals surface area contributed by atoms with Crippen LogP contribution in [0.5, 0.6) is 5.75 Å². The van der Waals surface area contributed by atoms with E-state index in [4.69, 9.17) is 4.74 Å². The second-order valence-electron chi connectivity index (χ2n) is 4.41. The van der Waals surface area contributed by atoms with E-state index in [2.05, 4.69) is 10.6 Å². The van der Waals surface area contributed by atoms with Crippen LogP contribution in [0.15, 0.2) is 24.3 Å². The van der Waals surface area contributed by atoms with E-state index in [-0.39, 0.29) is 30.5 Å². The van der Waals surface area contributed by atoms with E-state index in [0.29, 0.717) is 0 Å². The first-order valence-electron chi connectivity index (χ1n) is 5.93. The Morgan fingerprint density at radius 3 is 2.56 bits per heavy atom. The van der Waals surface area contributed by atoms with E-state index in [0.717, 1.165) is 0 Å². The minimum absolute atomic E-state index is 0.0738. The molecule has 2 amide bonds. The lowest BCUT2D eigenvalue weighted by molar-refractivity contribution is 0.222. The summed E-state index contributed by atoms with van der Waals surface area (Å²) in [4.78, 5) is 11.4. The van der Waals surface area contributed by atoms with E-state index in [1.54, 1.807) is 25.1 Å². The van der Waals surface area contributed by atoms with Gasteiger partial charge >= 0.3 is 6.03 Å². The van der Waals surface area contributed by atoms with Gasteiger partial charge in [0, 0.05) is 6.04 Å². The maximum absolute atomic E-state index is 13.2. The van der Waals surface area contributed by atoms with Gasteiger partial charge in [0.15, 0.2) is 11.6 Å². The Morgan fingerprint density at radius 1 is 1.28 bits per heavy atom. The van der Waals surface area contributed by atoms with Crippen LogP contribution in [0.1, 0.15) is 20.8 Å². The van der Waals surface area contributed by atoms with E-state index in [9.17, 15) is 9.18 Å². The van der Waals surface area contributed by atoms with Gasteiger partial charge in [-0.3, -0.25) is 0 Å². The van der Waals surface area contributed by atoms with Crippen LogP contribution in [0, 0.1) is 5.82 Å². The lowest BCUT2D eigenvalue weighted by Crippen LogP contribution is -2.45. The Kier molecular flexibility index (Phi) is 5.42. The quantitative estimate of drug-likeness (QED) is 0.847. The molecule has 0 aliphatic carbocycles. The van der Waals surface area contributed by atoms with Gasteiger partial charge in [-0.15, -0.1) is 0 Å². The molecule has 0 aliphatic heterocycles. The van der Waals surface area contributed by atoms with Crippen molar-refractivity contribution in [3.63, 3.8) is 0 Å². The number of benzene rings is 1. The molecule has 1 atom stereocenters. The van der Waals surface area contributed by atoms with Crippen LogP contribution < -0.4 is 15.4 Å². The van der Waals surface area contributed by atoms with Crippen LogP contribution in [-0.2, 0) is 0 Å². The van der Waals surface area contributed by atoms with Gasteiger partial charge in [0.05, 0.1) is 6.04 Å². The molecule has 100 valence electrons. The Balaban J connectivity index is 2.35. The van der Waals surface area contributed by atoms with Crippen LogP contribution in [0.4, 0.5) is 9.18 Å². The lowest BCUT2D eigenvalue weighted by Gasteiger charge is -2.17. The number of hydrogen-bond donors (Lipinski definition) is 2. The summed E-state index contributed by atoms with van der Waals surface area (Å²) < 4.78 is 18.5. The Bertz CT molecular complexity index is 396. The number of carbonyl (C=O) groups is 1.